The molecule has 0 aromatic rings. The van der Waals surface area contributed by atoms with Gasteiger partial charge in [-0.1, -0.05) is 0 Å². The molecule has 0 bridgehead atoms. The molecule has 0 amide bonds. The zero-order valence-corrected chi connectivity index (χ0v) is 39.3. The molecule has 12 nitrogen and oxygen atoms in total. The number of hydrogen-bond donors (Lipinski definition) is 0. The van der Waals surface area contributed by atoms with E-state index in [9.17, 15) is 0 Å². The van der Waals surface area contributed by atoms with Gasteiger partial charge in [-0.15, -0.1) is 0 Å². The predicted octanol–water partition coefficient (Wildman–Crippen LogP) is 9.07. The van der Waals surface area contributed by atoms with E-state index >= 15 is 0 Å². The van der Waals surface area contributed by atoms with Crippen LogP contribution in [0.15, 0.2) is 101 Å². The van der Waals surface area contributed by atoms with Gasteiger partial charge in [0.25, 0.3) is 0 Å². The molecular formula is C48H84O12Ti. The molecule has 0 aromatic heterocycles. The van der Waals surface area contributed by atoms with E-state index in [-0.39, 0.29) is 23.7 Å². The van der Waals surface area contributed by atoms with E-state index in [0.29, 0.717) is 132 Å². The van der Waals surface area contributed by atoms with Gasteiger partial charge in [0, 0.05) is 0 Å². The quantitative estimate of drug-likeness (QED) is 0.0330. The van der Waals surface area contributed by atoms with E-state index in [0.717, 1.165) is 51.4 Å². The zero-order valence-electron chi connectivity index (χ0n) is 37.8. The topological polar surface area (TPSA) is 111 Å². The average Bonchev–Trinajstić information content (AvgIpc) is 3.26. The third kappa shape index (κ3) is 37.3. The van der Waals surface area contributed by atoms with Crippen LogP contribution in [0, 0.1) is 23.7 Å². The molecule has 0 aliphatic heterocycles. The Kier molecular flexibility index (Phi) is 44.8. The summed E-state index contributed by atoms with van der Waals surface area (Å²) in [7, 11) is 0. The van der Waals surface area contributed by atoms with Crippen LogP contribution in [0.1, 0.15) is 51.4 Å². The van der Waals surface area contributed by atoms with Crippen molar-refractivity contribution in [2.75, 3.05) is 132 Å². The second-order valence-electron chi connectivity index (χ2n) is 14.5. The van der Waals surface area contributed by atoms with Gasteiger partial charge in [0.2, 0.25) is 0 Å². The summed E-state index contributed by atoms with van der Waals surface area (Å²) in [5.74, 6) is 0.681. The second-order valence-corrected chi connectivity index (χ2v) is 17.9. The first-order chi connectivity index (χ1) is 30.0. The van der Waals surface area contributed by atoms with E-state index in [2.05, 4.69) is 52.6 Å². The van der Waals surface area contributed by atoms with Crippen LogP contribution >= 0.6 is 0 Å². The molecule has 0 unspecified atom stereocenters. The molecule has 0 atom stereocenters. The first kappa shape index (κ1) is 59.2. The molecule has 0 saturated heterocycles. The molecule has 0 rings (SSSR count). The third-order valence-electron chi connectivity index (χ3n) is 8.86. The SMILES string of the molecule is C=CCOCC(CCC[O][Ti]([O]CCCC(COCC=C)COCC=C)([O]CCCC(COCC=C)COCC=C)[O]CCCC(COCC=C)COCC=C)COCC=C. The normalized spacial score (nSPS) is 11.7. The Balaban J connectivity index is 6.21. The van der Waals surface area contributed by atoms with Crippen molar-refractivity contribution in [2.24, 2.45) is 23.7 Å². The Hall–Kier alpha value is -1.85. The van der Waals surface area contributed by atoms with Crippen molar-refractivity contribution in [3.63, 3.8) is 0 Å². The summed E-state index contributed by atoms with van der Waals surface area (Å²) < 4.78 is 73.3. The first-order valence-corrected chi connectivity index (χ1v) is 24.6. The van der Waals surface area contributed by atoms with Crippen molar-refractivity contribution in [1.82, 2.24) is 0 Å². The Bertz CT molecular complexity index is 854. The summed E-state index contributed by atoms with van der Waals surface area (Å²) in [5, 5.41) is 0. The van der Waals surface area contributed by atoms with Gasteiger partial charge in [0.05, 0.1) is 0 Å². The van der Waals surface area contributed by atoms with Gasteiger partial charge in [0.15, 0.2) is 0 Å². The van der Waals surface area contributed by atoms with Crippen LogP contribution in [0.2, 0.25) is 0 Å². The molecule has 0 N–H and O–H groups in total. The molecule has 0 heterocycles. The van der Waals surface area contributed by atoms with E-state index in [1.807, 2.05) is 0 Å². The van der Waals surface area contributed by atoms with Crippen LogP contribution in [0.25, 0.3) is 0 Å². The summed E-state index contributed by atoms with van der Waals surface area (Å²) in [4.78, 5) is 0. The van der Waals surface area contributed by atoms with Crippen LogP contribution in [-0.2, 0) is 69.3 Å². The summed E-state index contributed by atoms with van der Waals surface area (Å²) in [6.07, 6.45) is 20.2. The molecule has 0 radical (unpaired) electrons. The standard InChI is InChI=1S/4C12H21O3.Ti/c4*1-3-8-14-10-12(6-5-7-13)11-15-9-4-2;/h4*3-4,12H,1-2,5-11H2;/q4*-1;+4. The van der Waals surface area contributed by atoms with E-state index in [1.54, 1.807) is 48.6 Å². The summed E-state index contributed by atoms with van der Waals surface area (Å²) >= 11 is -4.37. The summed E-state index contributed by atoms with van der Waals surface area (Å²) in [6.45, 7) is 40.0. The molecule has 0 fully saturated rings. The van der Waals surface area contributed by atoms with E-state index in [4.69, 9.17) is 51.2 Å². The van der Waals surface area contributed by atoms with Gasteiger partial charge < -0.3 is 0 Å². The maximum atomic E-state index is 6.72. The molecule has 61 heavy (non-hydrogen) atoms. The molecule has 13 heteroatoms. The van der Waals surface area contributed by atoms with Crippen molar-refractivity contribution < 1.29 is 69.3 Å². The van der Waals surface area contributed by atoms with E-state index < -0.39 is 18.1 Å². The van der Waals surface area contributed by atoms with Crippen LogP contribution in [-0.4, -0.2) is 132 Å². The van der Waals surface area contributed by atoms with Crippen molar-refractivity contribution in [3.8, 4) is 0 Å². The third-order valence-corrected chi connectivity index (χ3v) is 12.3. The molecule has 0 aliphatic carbocycles. The van der Waals surface area contributed by atoms with Crippen LogP contribution < -0.4 is 0 Å². The monoisotopic (exact) mass is 901 g/mol. The fraction of sp³-hybridized carbons (Fsp3) is 0.667. The number of ether oxygens (including phenoxy) is 8. The van der Waals surface area contributed by atoms with Crippen molar-refractivity contribution >= 4 is 0 Å². The van der Waals surface area contributed by atoms with Crippen molar-refractivity contribution in [2.45, 2.75) is 51.4 Å². The second kappa shape index (κ2) is 46.2. The average molecular weight is 901 g/mol. The fourth-order valence-corrected chi connectivity index (χ4v) is 9.17. The van der Waals surface area contributed by atoms with Crippen molar-refractivity contribution in [1.29, 1.82) is 0 Å². The Morgan fingerprint density at radius 1 is 0.279 bits per heavy atom. The van der Waals surface area contributed by atoms with Gasteiger partial charge in [-0.05, 0) is 0 Å². The summed E-state index contributed by atoms with van der Waals surface area (Å²) in [5.41, 5.74) is 0. The van der Waals surface area contributed by atoms with Gasteiger partial charge in [-0.25, -0.2) is 0 Å². The van der Waals surface area contributed by atoms with Gasteiger partial charge >= 0.3 is 378 Å². The fourth-order valence-electron chi connectivity index (χ4n) is 5.93. The van der Waals surface area contributed by atoms with Gasteiger partial charge in [0.1, 0.15) is 0 Å². The Morgan fingerprint density at radius 2 is 0.443 bits per heavy atom. The van der Waals surface area contributed by atoms with Gasteiger partial charge in [-0.3, -0.25) is 0 Å². The minimum absolute atomic E-state index is 0.170. The molecule has 0 spiro atoms. The van der Waals surface area contributed by atoms with E-state index in [1.165, 1.54) is 0 Å². The molecule has 0 aromatic carbocycles. The predicted molar refractivity (Wildman–Crippen MR) is 243 cm³/mol. The Morgan fingerprint density at radius 3 is 0.590 bits per heavy atom. The molecule has 0 aliphatic rings. The Labute approximate surface area is 376 Å². The van der Waals surface area contributed by atoms with Crippen LogP contribution in [0.5, 0.6) is 0 Å². The molecule has 352 valence electrons. The maximum absolute atomic E-state index is 6.72. The minimum atomic E-state index is -4.37. The first-order valence-electron chi connectivity index (χ1n) is 22.0. The number of hydrogen-bond acceptors (Lipinski definition) is 12. The zero-order chi connectivity index (χ0) is 44.8. The van der Waals surface area contributed by atoms with Gasteiger partial charge in [-0.2, -0.15) is 0 Å². The van der Waals surface area contributed by atoms with Crippen LogP contribution in [0.4, 0.5) is 0 Å². The summed E-state index contributed by atoms with van der Waals surface area (Å²) in [6, 6.07) is 0. The van der Waals surface area contributed by atoms with Crippen LogP contribution in [0.3, 0.4) is 0 Å². The number of rotatable bonds is 52. The molecular weight excluding hydrogens is 816 g/mol. The van der Waals surface area contributed by atoms with Crippen molar-refractivity contribution in [3.05, 3.63) is 101 Å². The molecule has 0 saturated carbocycles.